The first-order valence-corrected chi connectivity index (χ1v) is 7.11. The topological polar surface area (TPSA) is 45.0 Å². The van der Waals surface area contributed by atoms with Crippen LogP contribution < -0.4 is 10.1 Å². The molecule has 0 aliphatic carbocycles. The largest absolute Gasteiger partial charge is 0.493 e. The predicted molar refractivity (Wildman–Crippen MR) is 78.1 cm³/mol. The molecule has 1 rings (SSSR count). The van der Waals surface area contributed by atoms with Gasteiger partial charge < -0.3 is 10.1 Å². The van der Waals surface area contributed by atoms with E-state index in [1.165, 1.54) is 5.56 Å². The van der Waals surface area contributed by atoms with Gasteiger partial charge in [0.2, 0.25) is 0 Å². The maximum Gasteiger partial charge on any atom is 0.124 e. The molecule has 1 aromatic carbocycles. The van der Waals surface area contributed by atoms with E-state index >= 15 is 0 Å². The second-order valence-corrected chi connectivity index (χ2v) is 4.68. The molecule has 1 atom stereocenters. The Kier molecular flexibility index (Phi) is 7.69. The van der Waals surface area contributed by atoms with E-state index < -0.39 is 0 Å². The molecule has 19 heavy (non-hydrogen) atoms. The van der Waals surface area contributed by atoms with Crippen LogP contribution in [0.25, 0.3) is 0 Å². The summed E-state index contributed by atoms with van der Waals surface area (Å²) in [6.07, 6.45) is 3.57. The number of unbranched alkanes of at least 4 members (excludes halogenated alkanes) is 2. The first kappa shape index (κ1) is 15.5. The molecule has 0 saturated heterocycles. The number of nitriles is 1. The van der Waals surface area contributed by atoms with Gasteiger partial charge in [-0.1, -0.05) is 25.1 Å². The summed E-state index contributed by atoms with van der Waals surface area (Å²) in [5.41, 5.74) is 1.20. The number of benzene rings is 1. The minimum Gasteiger partial charge on any atom is -0.493 e. The third kappa shape index (κ3) is 5.76. The van der Waals surface area contributed by atoms with Crippen LogP contribution in [0.1, 0.15) is 51.1 Å². The maximum absolute atomic E-state index is 8.48. The highest BCUT2D eigenvalue weighted by Crippen LogP contribution is 2.24. The Hall–Kier alpha value is -1.53. The van der Waals surface area contributed by atoms with Gasteiger partial charge in [0.1, 0.15) is 5.75 Å². The summed E-state index contributed by atoms with van der Waals surface area (Å²) in [5, 5.41) is 12.0. The molecule has 3 heteroatoms. The molecule has 104 valence electrons. The van der Waals surface area contributed by atoms with Crippen molar-refractivity contribution in [1.29, 1.82) is 5.26 Å². The van der Waals surface area contributed by atoms with Crippen LogP contribution in [0, 0.1) is 11.3 Å². The lowest BCUT2D eigenvalue weighted by atomic mass is 10.1. The first-order valence-electron chi connectivity index (χ1n) is 7.11. The van der Waals surface area contributed by atoms with Crippen molar-refractivity contribution in [2.75, 3.05) is 13.2 Å². The predicted octanol–water partition coefficient (Wildman–Crippen LogP) is 3.82. The van der Waals surface area contributed by atoms with E-state index in [-0.39, 0.29) is 0 Å². The summed E-state index contributed by atoms with van der Waals surface area (Å²) in [5.74, 6) is 0.954. The highest BCUT2D eigenvalue weighted by molar-refractivity contribution is 5.35. The summed E-state index contributed by atoms with van der Waals surface area (Å²) in [7, 11) is 0. The van der Waals surface area contributed by atoms with Crippen molar-refractivity contribution < 1.29 is 4.74 Å². The molecular formula is C16H24N2O. The average molecular weight is 260 g/mol. The van der Waals surface area contributed by atoms with Gasteiger partial charge in [-0.25, -0.2) is 0 Å². The molecular weight excluding hydrogens is 236 g/mol. The number of hydrogen-bond donors (Lipinski definition) is 1. The van der Waals surface area contributed by atoms with E-state index in [1.54, 1.807) is 0 Å². The van der Waals surface area contributed by atoms with Gasteiger partial charge >= 0.3 is 0 Å². The fraction of sp³-hybridized carbons (Fsp3) is 0.562. The fourth-order valence-corrected chi connectivity index (χ4v) is 1.93. The number of rotatable bonds is 9. The quantitative estimate of drug-likeness (QED) is 0.686. The lowest BCUT2D eigenvalue weighted by molar-refractivity contribution is 0.301. The van der Waals surface area contributed by atoms with Gasteiger partial charge in [-0.2, -0.15) is 5.26 Å². The van der Waals surface area contributed by atoms with Crippen LogP contribution >= 0.6 is 0 Å². The first-order chi connectivity index (χ1) is 9.29. The smallest absolute Gasteiger partial charge is 0.124 e. The van der Waals surface area contributed by atoms with Crippen molar-refractivity contribution in [3.63, 3.8) is 0 Å². The number of nitrogens with zero attached hydrogens (tertiary/aromatic N) is 1. The standard InChI is InChI=1S/C16H24N2O/c1-3-12-18-14(2)15-9-5-6-10-16(15)19-13-8-4-7-11-17/h5-6,9-10,14,18H,3-4,7-8,12-13H2,1-2H3. The fourth-order valence-electron chi connectivity index (χ4n) is 1.93. The zero-order valence-corrected chi connectivity index (χ0v) is 12.0. The van der Waals surface area contributed by atoms with Gasteiger partial charge in [0.05, 0.1) is 12.7 Å². The van der Waals surface area contributed by atoms with E-state index in [9.17, 15) is 0 Å². The molecule has 0 aromatic heterocycles. The van der Waals surface area contributed by atoms with E-state index in [0.29, 0.717) is 19.1 Å². The SMILES string of the molecule is CCCNC(C)c1ccccc1OCCCCC#N. The molecule has 0 fully saturated rings. The second-order valence-electron chi connectivity index (χ2n) is 4.68. The summed E-state index contributed by atoms with van der Waals surface area (Å²) < 4.78 is 5.84. The normalized spacial score (nSPS) is 11.8. The highest BCUT2D eigenvalue weighted by Gasteiger charge is 2.09. The third-order valence-corrected chi connectivity index (χ3v) is 3.03. The van der Waals surface area contributed by atoms with Gasteiger partial charge in [0.25, 0.3) is 0 Å². The van der Waals surface area contributed by atoms with Crippen LogP contribution in [0.3, 0.4) is 0 Å². The van der Waals surface area contributed by atoms with Crippen molar-refractivity contribution in [2.45, 2.75) is 45.6 Å². The van der Waals surface area contributed by atoms with E-state index in [0.717, 1.165) is 31.6 Å². The van der Waals surface area contributed by atoms with Gasteiger partial charge in [0.15, 0.2) is 0 Å². The van der Waals surface area contributed by atoms with Gasteiger partial charge in [-0.15, -0.1) is 0 Å². The van der Waals surface area contributed by atoms with Crippen molar-refractivity contribution in [3.8, 4) is 11.8 Å². The summed E-state index contributed by atoms with van der Waals surface area (Å²) in [4.78, 5) is 0. The van der Waals surface area contributed by atoms with Crippen molar-refractivity contribution >= 4 is 0 Å². The van der Waals surface area contributed by atoms with Crippen LogP contribution in [0.15, 0.2) is 24.3 Å². The number of hydrogen-bond acceptors (Lipinski definition) is 3. The number of para-hydroxylation sites is 1. The third-order valence-electron chi connectivity index (χ3n) is 3.03. The Morgan fingerprint density at radius 1 is 1.32 bits per heavy atom. The van der Waals surface area contributed by atoms with E-state index in [2.05, 4.69) is 31.3 Å². The van der Waals surface area contributed by atoms with Crippen LogP contribution in [-0.2, 0) is 0 Å². The van der Waals surface area contributed by atoms with Crippen molar-refractivity contribution in [2.24, 2.45) is 0 Å². The van der Waals surface area contributed by atoms with Gasteiger partial charge in [-0.3, -0.25) is 0 Å². The lowest BCUT2D eigenvalue weighted by Gasteiger charge is -2.18. The molecule has 0 saturated carbocycles. The van der Waals surface area contributed by atoms with Crippen LogP contribution in [0.2, 0.25) is 0 Å². The second kappa shape index (κ2) is 9.41. The van der Waals surface area contributed by atoms with Gasteiger partial charge in [-0.05, 0) is 38.8 Å². The molecule has 1 unspecified atom stereocenters. The summed E-state index contributed by atoms with van der Waals surface area (Å²) in [6, 6.07) is 10.6. The van der Waals surface area contributed by atoms with Crippen molar-refractivity contribution in [3.05, 3.63) is 29.8 Å². The number of nitrogens with one attached hydrogen (secondary N) is 1. The molecule has 0 amide bonds. The highest BCUT2D eigenvalue weighted by atomic mass is 16.5. The van der Waals surface area contributed by atoms with Crippen LogP contribution in [0.4, 0.5) is 0 Å². The van der Waals surface area contributed by atoms with Gasteiger partial charge in [0, 0.05) is 18.0 Å². The Labute approximate surface area is 116 Å². The molecule has 0 aliphatic rings. The van der Waals surface area contributed by atoms with Crippen LogP contribution in [0.5, 0.6) is 5.75 Å². The Bertz CT molecular complexity index is 398. The number of ether oxygens (including phenoxy) is 1. The molecule has 0 heterocycles. The van der Waals surface area contributed by atoms with Crippen molar-refractivity contribution in [1.82, 2.24) is 5.32 Å². The Morgan fingerprint density at radius 3 is 2.84 bits per heavy atom. The zero-order chi connectivity index (χ0) is 13.9. The molecule has 0 radical (unpaired) electrons. The zero-order valence-electron chi connectivity index (χ0n) is 12.0. The van der Waals surface area contributed by atoms with E-state index in [1.807, 2.05) is 18.2 Å². The average Bonchev–Trinajstić information content (AvgIpc) is 2.45. The minimum atomic E-state index is 0.301. The molecule has 3 nitrogen and oxygen atoms in total. The maximum atomic E-state index is 8.48. The van der Waals surface area contributed by atoms with Crippen LogP contribution in [-0.4, -0.2) is 13.2 Å². The minimum absolute atomic E-state index is 0.301. The summed E-state index contributed by atoms with van der Waals surface area (Å²) in [6.45, 7) is 6.02. The Balaban J connectivity index is 2.50. The Morgan fingerprint density at radius 2 is 2.11 bits per heavy atom. The monoisotopic (exact) mass is 260 g/mol. The molecule has 1 N–H and O–H groups in total. The molecule has 1 aromatic rings. The molecule has 0 aliphatic heterocycles. The molecule has 0 spiro atoms. The lowest BCUT2D eigenvalue weighted by Crippen LogP contribution is -2.20. The van der Waals surface area contributed by atoms with E-state index in [4.69, 9.17) is 10.00 Å². The summed E-state index contributed by atoms with van der Waals surface area (Å²) >= 11 is 0. The molecule has 0 bridgehead atoms.